The Morgan fingerprint density at radius 3 is 2.79 bits per heavy atom. The van der Waals surface area contributed by atoms with Crippen LogP contribution in [0.4, 0.5) is 0 Å². The summed E-state index contributed by atoms with van der Waals surface area (Å²) in [6.07, 6.45) is -0.478. The number of hydrogen-bond donors (Lipinski definition) is 1. The van der Waals surface area contributed by atoms with Gasteiger partial charge < -0.3 is 19.5 Å². The highest BCUT2D eigenvalue weighted by atomic mass is 32.2. The van der Waals surface area contributed by atoms with E-state index in [1.54, 1.807) is 6.07 Å². The number of rotatable bonds is 5. The molecule has 0 spiro atoms. The SMILES string of the molecule is O=C(O)CCC(=O)N=C1S[C@H]2CS(=O)(=O)C[C@@H]2N1Cc1ccc2c(c1)OCO2. The highest BCUT2D eigenvalue weighted by Crippen LogP contribution is 2.40. The van der Waals surface area contributed by atoms with Crippen LogP contribution in [-0.2, 0) is 26.0 Å². The summed E-state index contributed by atoms with van der Waals surface area (Å²) in [6.45, 7) is 0.525. The molecule has 0 saturated carbocycles. The van der Waals surface area contributed by atoms with Gasteiger partial charge in [0.25, 0.3) is 0 Å². The predicted octanol–water partition coefficient (Wildman–Crippen LogP) is 0.877. The third kappa shape index (κ3) is 3.95. The third-order valence-corrected chi connectivity index (χ3v) is 7.99. The van der Waals surface area contributed by atoms with E-state index in [9.17, 15) is 18.0 Å². The van der Waals surface area contributed by atoms with E-state index >= 15 is 0 Å². The van der Waals surface area contributed by atoms with Gasteiger partial charge in [-0.1, -0.05) is 17.8 Å². The number of amides is 1. The normalized spacial score (nSPS) is 25.9. The number of hydrogen-bond acceptors (Lipinski definition) is 7. The standard InChI is InChI=1S/C17H18N2O7S2/c20-15(3-4-16(21)22)18-17-19(11-7-28(23,24)8-14(11)27-17)6-10-1-2-12-13(5-10)26-9-25-12/h1-2,5,11,14H,3-4,6-9H2,(H,21,22)/t11-,14-/m0/s1. The lowest BCUT2D eigenvalue weighted by Crippen LogP contribution is -2.37. The maximum atomic E-state index is 12.1. The molecule has 2 fully saturated rings. The van der Waals surface area contributed by atoms with Crippen molar-refractivity contribution in [3.63, 3.8) is 0 Å². The molecular formula is C17H18N2O7S2. The van der Waals surface area contributed by atoms with E-state index in [1.165, 1.54) is 11.8 Å². The van der Waals surface area contributed by atoms with Gasteiger partial charge in [0.15, 0.2) is 26.5 Å². The van der Waals surface area contributed by atoms with E-state index < -0.39 is 21.7 Å². The Kier molecular flexibility index (Phi) is 4.96. The lowest BCUT2D eigenvalue weighted by atomic mass is 10.1. The molecule has 2 saturated heterocycles. The molecule has 1 aromatic rings. The fourth-order valence-corrected chi connectivity index (χ4v) is 7.40. The molecule has 1 N–H and O–H groups in total. The minimum atomic E-state index is -3.14. The first-order valence-corrected chi connectivity index (χ1v) is 11.4. The molecular weight excluding hydrogens is 408 g/mol. The van der Waals surface area contributed by atoms with Gasteiger partial charge in [-0.05, 0) is 17.7 Å². The summed E-state index contributed by atoms with van der Waals surface area (Å²) in [5.41, 5.74) is 0.875. The van der Waals surface area contributed by atoms with Crippen molar-refractivity contribution >= 4 is 38.6 Å². The number of nitrogens with zero attached hydrogens (tertiary/aromatic N) is 2. The summed E-state index contributed by atoms with van der Waals surface area (Å²) >= 11 is 1.27. The number of thioether (sulfide) groups is 1. The predicted molar refractivity (Wildman–Crippen MR) is 101 cm³/mol. The zero-order chi connectivity index (χ0) is 19.9. The fourth-order valence-electron chi connectivity index (χ4n) is 3.43. The van der Waals surface area contributed by atoms with Crippen LogP contribution in [0, 0.1) is 0 Å². The summed E-state index contributed by atoms with van der Waals surface area (Å²) < 4.78 is 34.8. The number of amidine groups is 1. The average molecular weight is 426 g/mol. The summed E-state index contributed by atoms with van der Waals surface area (Å²) in [5, 5.41) is 8.98. The van der Waals surface area contributed by atoms with Crippen LogP contribution >= 0.6 is 11.8 Å². The van der Waals surface area contributed by atoms with Crippen LogP contribution in [-0.4, -0.2) is 65.1 Å². The third-order valence-electron chi connectivity index (χ3n) is 4.74. The minimum absolute atomic E-state index is 0.0115. The molecule has 11 heteroatoms. The molecule has 1 amide bonds. The van der Waals surface area contributed by atoms with Crippen molar-refractivity contribution in [3.05, 3.63) is 23.8 Å². The Morgan fingerprint density at radius 1 is 1.21 bits per heavy atom. The number of fused-ring (bicyclic) bond motifs is 2. The first kappa shape index (κ1) is 19.1. The van der Waals surface area contributed by atoms with Crippen LogP contribution in [0.15, 0.2) is 23.2 Å². The summed E-state index contributed by atoms with van der Waals surface area (Å²) in [5.74, 6) is -0.259. The Balaban J connectivity index is 1.57. The molecule has 150 valence electrons. The Morgan fingerprint density at radius 2 is 2.00 bits per heavy atom. The van der Waals surface area contributed by atoms with Crippen molar-refractivity contribution in [2.45, 2.75) is 30.7 Å². The van der Waals surface area contributed by atoms with Crippen LogP contribution in [0.2, 0.25) is 0 Å². The maximum Gasteiger partial charge on any atom is 0.303 e. The number of carbonyl (C=O) groups is 2. The van der Waals surface area contributed by atoms with Crippen LogP contribution in [0.5, 0.6) is 11.5 Å². The van der Waals surface area contributed by atoms with Crippen molar-refractivity contribution in [3.8, 4) is 11.5 Å². The second-order valence-corrected chi connectivity index (χ2v) is 10.2. The molecule has 9 nitrogen and oxygen atoms in total. The molecule has 0 radical (unpaired) electrons. The number of carboxylic acids is 1. The van der Waals surface area contributed by atoms with E-state index in [-0.39, 0.29) is 42.4 Å². The van der Waals surface area contributed by atoms with Gasteiger partial charge in [-0.2, -0.15) is 4.99 Å². The smallest absolute Gasteiger partial charge is 0.303 e. The molecule has 0 unspecified atom stereocenters. The zero-order valence-electron chi connectivity index (χ0n) is 14.7. The van der Waals surface area contributed by atoms with Gasteiger partial charge in [-0.15, -0.1) is 0 Å². The molecule has 4 rings (SSSR count). The van der Waals surface area contributed by atoms with E-state index in [0.29, 0.717) is 23.2 Å². The van der Waals surface area contributed by atoms with E-state index in [0.717, 1.165) is 5.56 Å². The number of carbonyl (C=O) groups excluding carboxylic acids is 1. The lowest BCUT2D eigenvalue weighted by Gasteiger charge is -2.24. The topological polar surface area (TPSA) is 123 Å². The molecule has 0 bridgehead atoms. The number of sulfone groups is 1. The Bertz CT molecular complexity index is 960. The number of aliphatic carboxylic acids is 1. The number of ether oxygens (including phenoxy) is 2. The van der Waals surface area contributed by atoms with Crippen LogP contribution in [0.25, 0.3) is 0 Å². The average Bonchev–Trinajstić information content (AvgIpc) is 3.27. The van der Waals surface area contributed by atoms with E-state index in [2.05, 4.69) is 4.99 Å². The van der Waals surface area contributed by atoms with Gasteiger partial charge in [0, 0.05) is 18.2 Å². The summed E-state index contributed by atoms with van der Waals surface area (Å²) in [6, 6.07) is 5.21. The molecule has 3 heterocycles. The quantitative estimate of drug-likeness (QED) is 0.731. The zero-order valence-corrected chi connectivity index (χ0v) is 16.4. The van der Waals surface area contributed by atoms with Gasteiger partial charge in [-0.25, -0.2) is 8.42 Å². The highest BCUT2D eigenvalue weighted by molar-refractivity contribution is 8.15. The number of carboxylic acid groups (broad SMARTS) is 1. The monoisotopic (exact) mass is 426 g/mol. The molecule has 3 aliphatic rings. The van der Waals surface area contributed by atoms with Crippen molar-refractivity contribution in [2.24, 2.45) is 4.99 Å². The number of aliphatic imine (C=N–C) groups is 1. The highest BCUT2D eigenvalue weighted by Gasteiger charge is 2.48. The maximum absolute atomic E-state index is 12.1. The van der Waals surface area contributed by atoms with Crippen molar-refractivity contribution < 1.29 is 32.6 Å². The summed E-state index contributed by atoms with van der Waals surface area (Å²) in [7, 11) is -3.14. The molecule has 3 aliphatic heterocycles. The van der Waals surface area contributed by atoms with Gasteiger partial charge in [0.05, 0.1) is 24.0 Å². The molecule has 0 aliphatic carbocycles. The second-order valence-electron chi connectivity index (χ2n) is 6.80. The molecule has 28 heavy (non-hydrogen) atoms. The first-order valence-electron chi connectivity index (χ1n) is 8.66. The minimum Gasteiger partial charge on any atom is -0.481 e. The number of benzene rings is 1. The van der Waals surface area contributed by atoms with E-state index in [4.69, 9.17) is 14.6 Å². The van der Waals surface area contributed by atoms with Gasteiger partial charge in [0.2, 0.25) is 12.7 Å². The van der Waals surface area contributed by atoms with Crippen molar-refractivity contribution in [1.29, 1.82) is 0 Å². The largest absolute Gasteiger partial charge is 0.481 e. The second kappa shape index (κ2) is 7.28. The first-order chi connectivity index (χ1) is 13.3. The van der Waals surface area contributed by atoms with Gasteiger partial charge >= 0.3 is 5.97 Å². The van der Waals surface area contributed by atoms with E-state index in [1.807, 2.05) is 17.0 Å². The van der Waals surface area contributed by atoms with Crippen LogP contribution in [0.3, 0.4) is 0 Å². The Labute approximate surface area is 165 Å². The molecule has 0 aromatic heterocycles. The Hall–Kier alpha value is -2.27. The fraction of sp³-hybridized carbons (Fsp3) is 0.471. The van der Waals surface area contributed by atoms with Crippen molar-refractivity contribution in [1.82, 2.24) is 4.90 Å². The van der Waals surface area contributed by atoms with Crippen molar-refractivity contribution in [2.75, 3.05) is 18.3 Å². The molecule has 1 aromatic carbocycles. The van der Waals surface area contributed by atoms with Gasteiger partial charge in [-0.3, -0.25) is 9.59 Å². The molecule has 2 atom stereocenters. The van der Waals surface area contributed by atoms with Gasteiger partial charge in [0.1, 0.15) is 0 Å². The van der Waals surface area contributed by atoms with Crippen LogP contribution < -0.4 is 9.47 Å². The summed E-state index contributed by atoms with van der Waals surface area (Å²) in [4.78, 5) is 28.6. The lowest BCUT2D eigenvalue weighted by molar-refractivity contribution is -0.138. The van der Waals surface area contributed by atoms with Crippen LogP contribution in [0.1, 0.15) is 18.4 Å².